The van der Waals surface area contributed by atoms with Gasteiger partial charge in [-0.15, -0.1) is 0 Å². The molecule has 0 spiro atoms. The molecule has 1 aromatic carbocycles. The maximum atomic E-state index is 14.1. The minimum absolute atomic E-state index is 0.138. The fraction of sp³-hybridized carbons (Fsp3) is 0.231. The van der Waals surface area contributed by atoms with Crippen LogP contribution in [0, 0.1) is 18.6 Å². The second kappa shape index (κ2) is 4.68. The summed E-state index contributed by atoms with van der Waals surface area (Å²) in [4.78, 5) is 7.81. The standard InChI is InChI=1S/C13H13F2N3/c1-3-8-12(17-6-18-13(8)16)10-9(14)5-4-7(2)11(10)15/h4-6H,3H2,1-2H3,(H2,16,17,18). The van der Waals surface area contributed by atoms with Crippen LogP contribution < -0.4 is 5.73 Å². The van der Waals surface area contributed by atoms with Crippen molar-refractivity contribution >= 4 is 5.82 Å². The van der Waals surface area contributed by atoms with Crippen molar-refractivity contribution in [3.8, 4) is 11.3 Å². The molecular weight excluding hydrogens is 236 g/mol. The Bertz CT molecular complexity index is 597. The zero-order valence-electron chi connectivity index (χ0n) is 10.2. The van der Waals surface area contributed by atoms with Crippen molar-refractivity contribution in [2.75, 3.05) is 5.73 Å². The Labute approximate surface area is 104 Å². The molecule has 18 heavy (non-hydrogen) atoms. The molecule has 94 valence electrons. The molecule has 0 aliphatic carbocycles. The van der Waals surface area contributed by atoms with E-state index in [9.17, 15) is 8.78 Å². The summed E-state index contributed by atoms with van der Waals surface area (Å²) in [5, 5.41) is 0. The second-order valence-corrected chi connectivity index (χ2v) is 3.99. The quantitative estimate of drug-likeness (QED) is 0.890. The smallest absolute Gasteiger partial charge is 0.138 e. The lowest BCUT2D eigenvalue weighted by atomic mass is 10.0. The Balaban J connectivity index is 2.77. The minimum Gasteiger partial charge on any atom is -0.383 e. The van der Waals surface area contributed by atoms with E-state index >= 15 is 0 Å². The van der Waals surface area contributed by atoms with Crippen LogP contribution in [0.3, 0.4) is 0 Å². The molecule has 0 atom stereocenters. The lowest BCUT2D eigenvalue weighted by Crippen LogP contribution is -2.04. The number of anilines is 1. The number of rotatable bonds is 2. The van der Waals surface area contributed by atoms with Gasteiger partial charge in [0.25, 0.3) is 0 Å². The fourth-order valence-electron chi connectivity index (χ4n) is 1.86. The van der Waals surface area contributed by atoms with Gasteiger partial charge >= 0.3 is 0 Å². The number of benzene rings is 1. The first-order valence-corrected chi connectivity index (χ1v) is 5.60. The van der Waals surface area contributed by atoms with E-state index in [1.807, 2.05) is 6.92 Å². The Hall–Kier alpha value is -2.04. The van der Waals surface area contributed by atoms with Crippen molar-refractivity contribution in [2.45, 2.75) is 20.3 Å². The summed E-state index contributed by atoms with van der Waals surface area (Å²) in [5.41, 5.74) is 6.72. The Kier molecular flexibility index (Phi) is 3.23. The third kappa shape index (κ3) is 1.92. The van der Waals surface area contributed by atoms with Crippen LogP contribution in [0.1, 0.15) is 18.1 Å². The van der Waals surface area contributed by atoms with Gasteiger partial charge in [-0.3, -0.25) is 0 Å². The van der Waals surface area contributed by atoms with E-state index in [1.165, 1.54) is 18.5 Å². The summed E-state index contributed by atoms with van der Waals surface area (Å²) in [5.74, 6) is -1.00. The van der Waals surface area contributed by atoms with Gasteiger partial charge < -0.3 is 5.73 Å². The van der Waals surface area contributed by atoms with Gasteiger partial charge in [0.2, 0.25) is 0 Å². The highest BCUT2D eigenvalue weighted by Gasteiger charge is 2.19. The van der Waals surface area contributed by atoms with E-state index in [0.717, 1.165) is 0 Å². The summed E-state index contributed by atoms with van der Waals surface area (Å²) in [7, 11) is 0. The van der Waals surface area contributed by atoms with Gasteiger partial charge in [0.15, 0.2) is 0 Å². The number of aromatic nitrogens is 2. The highest BCUT2D eigenvalue weighted by Crippen LogP contribution is 2.30. The number of nitrogens with two attached hydrogens (primary N) is 1. The monoisotopic (exact) mass is 249 g/mol. The first kappa shape index (κ1) is 12.4. The molecule has 2 rings (SSSR count). The number of hydrogen-bond donors (Lipinski definition) is 1. The highest BCUT2D eigenvalue weighted by atomic mass is 19.1. The summed E-state index contributed by atoms with van der Waals surface area (Å²) >= 11 is 0. The fourth-order valence-corrected chi connectivity index (χ4v) is 1.86. The molecule has 1 heterocycles. The van der Waals surface area contributed by atoms with Crippen LogP contribution in [0.4, 0.5) is 14.6 Å². The van der Waals surface area contributed by atoms with E-state index in [0.29, 0.717) is 17.5 Å². The molecule has 0 saturated carbocycles. The van der Waals surface area contributed by atoms with Crippen LogP contribution in [0.25, 0.3) is 11.3 Å². The van der Waals surface area contributed by atoms with Crippen molar-refractivity contribution in [3.05, 3.63) is 41.2 Å². The first-order valence-electron chi connectivity index (χ1n) is 5.60. The maximum Gasteiger partial charge on any atom is 0.138 e. The van der Waals surface area contributed by atoms with Crippen LogP contribution in [0.2, 0.25) is 0 Å². The van der Waals surface area contributed by atoms with Crippen LogP contribution in [0.15, 0.2) is 18.5 Å². The van der Waals surface area contributed by atoms with Gasteiger partial charge in [0.1, 0.15) is 23.8 Å². The van der Waals surface area contributed by atoms with E-state index in [1.54, 1.807) is 6.92 Å². The number of hydrogen-bond acceptors (Lipinski definition) is 3. The van der Waals surface area contributed by atoms with Gasteiger partial charge in [-0.2, -0.15) is 0 Å². The molecular formula is C13H13F2N3. The lowest BCUT2D eigenvalue weighted by Gasteiger charge is -2.11. The zero-order valence-corrected chi connectivity index (χ0v) is 10.2. The van der Waals surface area contributed by atoms with Gasteiger partial charge in [0, 0.05) is 5.56 Å². The predicted molar refractivity (Wildman–Crippen MR) is 65.9 cm³/mol. The highest BCUT2D eigenvalue weighted by molar-refractivity contribution is 5.69. The van der Waals surface area contributed by atoms with Gasteiger partial charge in [-0.1, -0.05) is 13.0 Å². The maximum absolute atomic E-state index is 14.1. The third-order valence-corrected chi connectivity index (χ3v) is 2.85. The van der Waals surface area contributed by atoms with Crippen LogP contribution in [-0.2, 0) is 6.42 Å². The Morgan fingerprint density at radius 1 is 1.22 bits per heavy atom. The second-order valence-electron chi connectivity index (χ2n) is 3.99. The van der Waals surface area contributed by atoms with E-state index in [2.05, 4.69) is 9.97 Å². The van der Waals surface area contributed by atoms with Crippen molar-refractivity contribution in [2.24, 2.45) is 0 Å². The molecule has 0 aliphatic heterocycles. The van der Waals surface area contributed by atoms with Gasteiger partial charge in [0.05, 0.1) is 11.3 Å². The zero-order chi connectivity index (χ0) is 13.3. The largest absolute Gasteiger partial charge is 0.383 e. The minimum atomic E-state index is -0.647. The lowest BCUT2D eigenvalue weighted by molar-refractivity contribution is 0.582. The van der Waals surface area contributed by atoms with Crippen LogP contribution in [-0.4, -0.2) is 9.97 Å². The molecule has 2 N–H and O–H groups in total. The van der Waals surface area contributed by atoms with Crippen LogP contribution in [0.5, 0.6) is 0 Å². The molecule has 0 fully saturated rings. The third-order valence-electron chi connectivity index (χ3n) is 2.85. The molecule has 3 nitrogen and oxygen atoms in total. The number of nitrogen functional groups attached to an aromatic ring is 1. The normalized spacial score (nSPS) is 10.7. The average Bonchev–Trinajstić information content (AvgIpc) is 2.35. The Morgan fingerprint density at radius 3 is 2.61 bits per heavy atom. The number of aryl methyl sites for hydroxylation is 1. The summed E-state index contributed by atoms with van der Waals surface area (Å²) in [6.45, 7) is 3.42. The molecule has 2 aromatic rings. The van der Waals surface area contributed by atoms with Gasteiger partial charge in [-0.05, 0) is 25.0 Å². The van der Waals surface area contributed by atoms with E-state index < -0.39 is 11.6 Å². The van der Waals surface area contributed by atoms with Gasteiger partial charge in [-0.25, -0.2) is 18.7 Å². The number of halogens is 2. The molecule has 0 aliphatic rings. The molecule has 0 unspecified atom stereocenters. The first-order chi connectivity index (χ1) is 8.56. The summed E-state index contributed by atoms with van der Waals surface area (Å²) in [6.07, 6.45) is 1.72. The van der Waals surface area contributed by atoms with E-state index in [-0.39, 0.29) is 17.1 Å². The summed E-state index contributed by atoms with van der Waals surface area (Å²) in [6, 6.07) is 2.62. The molecule has 0 saturated heterocycles. The van der Waals surface area contributed by atoms with Crippen LogP contribution >= 0.6 is 0 Å². The molecule has 5 heteroatoms. The SMILES string of the molecule is CCc1c(N)ncnc1-c1c(F)ccc(C)c1F. The molecule has 0 amide bonds. The van der Waals surface area contributed by atoms with Crippen molar-refractivity contribution in [3.63, 3.8) is 0 Å². The van der Waals surface area contributed by atoms with Crippen molar-refractivity contribution in [1.29, 1.82) is 0 Å². The molecule has 0 radical (unpaired) electrons. The average molecular weight is 249 g/mol. The topological polar surface area (TPSA) is 51.8 Å². The summed E-state index contributed by atoms with van der Waals surface area (Å²) < 4.78 is 27.9. The Morgan fingerprint density at radius 2 is 1.94 bits per heavy atom. The predicted octanol–water partition coefficient (Wildman–Crippen LogP) is 2.87. The molecule has 1 aromatic heterocycles. The number of nitrogens with zero attached hydrogens (tertiary/aromatic N) is 2. The van der Waals surface area contributed by atoms with Crippen molar-refractivity contribution in [1.82, 2.24) is 9.97 Å². The van der Waals surface area contributed by atoms with Crippen molar-refractivity contribution < 1.29 is 8.78 Å². The van der Waals surface area contributed by atoms with E-state index in [4.69, 9.17) is 5.73 Å². The molecule has 0 bridgehead atoms.